The molecule has 1 unspecified atom stereocenters. The third kappa shape index (κ3) is 3.47. The Morgan fingerprint density at radius 2 is 2.18 bits per heavy atom. The van der Waals surface area contributed by atoms with Crippen LogP contribution in [0.4, 0.5) is 0 Å². The smallest absolute Gasteiger partial charge is 0.326 e. The van der Waals surface area contributed by atoms with E-state index in [1.807, 2.05) is 6.92 Å². The summed E-state index contributed by atoms with van der Waals surface area (Å²) in [7, 11) is 0. The van der Waals surface area contributed by atoms with E-state index in [-0.39, 0.29) is 11.4 Å². The van der Waals surface area contributed by atoms with Gasteiger partial charge in [-0.25, -0.2) is 0 Å². The molecule has 3 heteroatoms. The van der Waals surface area contributed by atoms with Gasteiger partial charge in [0, 0.05) is 0 Å². The van der Waals surface area contributed by atoms with E-state index in [9.17, 15) is 4.79 Å². The molecule has 0 saturated heterocycles. The highest BCUT2D eigenvalue weighted by Gasteiger charge is 2.46. The van der Waals surface area contributed by atoms with E-state index in [1.165, 1.54) is 0 Å². The number of hydrogen-bond acceptors (Lipinski definition) is 3. The van der Waals surface area contributed by atoms with Crippen molar-refractivity contribution in [2.75, 3.05) is 13.2 Å². The number of esters is 1. The number of nitrogens with one attached hydrogen (secondary N) is 1. The Labute approximate surface area is 104 Å². The average Bonchev–Trinajstić information content (AvgIpc) is 2.25. The molecule has 1 N–H and O–H groups in total. The fourth-order valence-corrected chi connectivity index (χ4v) is 2.75. The summed E-state index contributed by atoms with van der Waals surface area (Å²) in [5.41, 5.74) is -0.420. The van der Waals surface area contributed by atoms with Crippen molar-refractivity contribution >= 4 is 5.97 Å². The fourth-order valence-electron chi connectivity index (χ4n) is 2.75. The van der Waals surface area contributed by atoms with Crippen LogP contribution in [0.15, 0.2) is 0 Å². The minimum absolute atomic E-state index is 0.150. The highest BCUT2D eigenvalue weighted by atomic mass is 16.5. The number of terminal acetylenes is 1. The zero-order valence-corrected chi connectivity index (χ0v) is 11.1. The fraction of sp³-hybridized carbons (Fsp3) is 0.786. The van der Waals surface area contributed by atoms with E-state index >= 15 is 0 Å². The zero-order chi connectivity index (χ0) is 12.9. The molecule has 0 spiro atoms. The second-order valence-electron chi connectivity index (χ2n) is 5.55. The Morgan fingerprint density at radius 3 is 2.71 bits per heavy atom. The highest BCUT2D eigenvalue weighted by molar-refractivity contribution is 5.81. The summed E-state index contributed by atoms with van der Waals surface area (Å²) in [6.07, 6.45) is 9.07. The minimum Gasteiger partial charge on any atom is -0.465 e. The maximum atomic E-state index is 12.2. The SMILES string of the molecule is C#CCNC1(C(=O)OCC)CCCC(C)(C)C1. The molecule has 1 aliphatic carbocycles. The molecule has 0 aromatic carbocycles. The predicted molar refractivity (Wildman–Crippen MR) is 68.4 cm³/mol. The van der Waals surface area contributed by atoms with Crippen LogP contribution < -0.4 is 5.32 Å². The van der Waals surface area contributed by atoms with Gasteiger partial charge < -0.3 is 4.74 Å². The van der Waals surface area contributed by atoms with Gasteiger partial charge in [0.2, 0.25) is 0 Å². The Morgan fingerprint density at radius 1 is 1.47 bits per heavy atom. The molecule has 0 radical (unpaired) electrons. The molecule has 1 rings (SSSR count). The van der Waals surface area contributed by atoms with E-state index in [0.29, 0.717) is 13.2 Å². The summed E-state index contributed by atoms with van der Waals surface area (Å²) >= 11 is 0. The van der Waals surface area contributed by atoms with E-state index in [0.717, 1.165) is 25.7 Å². The quantitative estimate of drug-likeness (QED) is 0.601. The van der Waals surface area contributed by atoms with Gasteiger partial charge in [0.15, 0.2) is 0 Å². The molecule has 17 heavy (non-hydrogen) atoms. The molecule has 1 aliphatic rings. The molecule has 0 amide bonds. The first kappa shape index (κ1) is 14.1. The first-order chi connectivity index (χ1) is 7.96. The molecule has 96 valence electrons. The highest BCUT2D eigenvalue weighted by Crippen LogP contribution is 2.41. The first-order valence-electron chi connectivity index (χ1n) is 6.31. The molecule has 0 aromatic rings. The summed E-state index contributed by atoms with van der Waals surface area (Å²) in [4.78, 5) is 12.2. The molecular weight excluding hydrogens is 214 g/mol. The first-order valence-corrected chi connectivity index (χ1v) is 6.31. The van der Waals surface area contributed by atoms with Crippen molar-refractivity contribution < 1.29 is 9.53 Å². The van der Waals surface area contributed by atoms with Gasteiger partial charge in [0.25, 0.3) is 0 Å². The normalized spacial score (nSPS) is 27.2. The van der Waals surface area contributed by atoms with Gasteiger partial charge in [-0.2, -0.15) is 0 Å². The number of carbonyl (C=O) groups is 1. The molecule has 0 aliphatic heterocycles. The van der Waals surface area contributed by atoms with Crippen LogP contribution in [0.5, 0.6) is 0 Å². The number of carbonyl (C=O) groups excluding carboxylic acids is 1. The van der Waals surface area contributed by atoms with Crippen LogP contribution in [-0.4, -0.2) is 24.7 Å². The summed E-state index contributed by atoms with van der Waals surface area (Å²) in [5.74, 6) is 2.40. The minimum atomic E-state index is -0.579. The van der Waals surface area contributed by atoms with E-state index in [2.05, 4.69) is 25.1 Å². The molecule has 3 nitrogen and oxygen atoms in total. The lowest BCUT2D eigenvalue weighted by atomic mass is 9.68. The van der Waals surface area contributed by atoms with Crippen molar-refractivity contribution in [2.24, 2.45) is 5.41 Å². The summed E-state index contributed by atoms with van der Waals surface area (Å²) in [6, 6.07) is 0. The Hall–Kier alpha value is -1.01. The van der Waals surface area contributed by atoms with E-state index < -0.39 is 5.54 Å². The van der Waals surface area contributed by atoms with Crippen LogP contribution in [0.2, 0.25) is 0 Å². The lowest BCUT2D eigenvalue weighted by Gasteiger charge is -2.43. The van der Waals surface area contributed by atoms with Crippen molar-refractivity contribution in [1.29, 1.82) is 0 Å². The Balaban J connectivity index is 2.85. The Kier molecular flexibility index (Phi) is 4.59. The molecule has 1 saturated carbocycles. The van der Waals surface area contributed by atoms with Crippen molar-refractivity contribution in [2.45, 2.75) is 52.0 Å². The van der Waals surface area contributed by atoms with Gasteiger partial charge in [-0.1, -0.05) is 26.2 Å². The Bertz CT molecular complexity index is 317. The van der Waals surface area contributed by atoms with Gasteiger partial charge >= 0.3 is 5.97 Å². The van der Waals surface area contributed by atoms with Gasteiger partial charge in [-0.05, 0) is 31.6 Å². The van der Waals surface area contributed by atoms with Crippen LogP contribution >= 0.6 is 0 Å². The van der Waals surface area contributed by atoms with E-state index in [4.69, 9.17) is 11.2 Å². The molecule has 0 heterocycles. The predicted octanol–water partition coefficient (Wildman–Crippen LogP) is 2.11. The second kappa shape index (κ2) is 5.55. The summed E-state index contributed by atoms with van der Waals surface area (Å²) < 4.78 is 5.21. The molecule has 0 aromatic heterocycles. The maximum absolute atomic E-state index is 12.2. The van der Waals surface area contributed by atoms with Gasteiger partial charge in [-0.3, -0.25) is 10.1 Å². The van der Waals surface area contributed by atoms with Gasteiger partial charge in [-0.15, -0.1) is 6.42 Å². The molecule has 0 bridgehead atoms. The molecule has 1 fully saturated rings. The lowest BCUT2D eigenvalue weighted by Crippen LogP contribution is -2.57. The lowest BCUT2D eigenvalue weighted by molar-refractivity contribution is -0.154. The van der Waals surface area contributed by atoms with Gasteiger partial charge in [0.1, 0.15) is 5.54 Å². The summed E-state index contributed by atoms with van der Waals surface area (Å²) in [6.45, 7) is 7.05. The van der Waals surface area contributed by atoms with Gasteiger partial charge in [0.05, 0.1) is 13.2 Å². The number of rotatable bonds is 4. The van der Waals surface area contributed by atoms with E-state index in [1.54, 1.807) is 0 Å². The van der Waals surface area contributed by atoms with Crippen molar-refractivity contribution in [3.63, 3.8) is 0 Å². The van der Waals surface area contributed by atoms with Crippen LogP contribution in [0.3, 0.4) is 0 Å². The summed E-state index contributed by atoms with van der Waals surface area (Å²) in [5, 5.41) is 3.21. The largest absolute Gasteiger partial charge is 0.465 e. The third-order valence-corrected chi connectivity index (χ3v) is 3.43. The van der Waals surface area contributed by atoms with Crippen LogP contribution in [-0.2, 0) is 9.53 Å². The van der Waals surface area contributed by atoms with Crippen molar-refractivity contribution in [3.8, 4) is 12.3 Å². The van der Waals surface area contributed by atoms with Crippen molar-refractivity contribution in [1.82, 2.24) is 5.32 Å². The third-order valence-electron chi connectivity index (χ3n) is 3.43. The maximum Gasteiger partial charge on any atom is 0.326 e. The monoisotopic (exact) mass is 237 g/mol. The van der Waals surface area contributed by atoms with Crippen LogP contribution in [0, 0.1) is 17.8 Å². The zero-order valence-electron chi connectivity index (χ0n) is 11.1. The number of ether oxygens (including phenoxy) is 1. The average molecular weight is 237 g/mol. The number of hydrogen-bond donors (Lipinski definition) is 1. The molecule has 1 atom stereocenters. The van der Waals surface area contributed by atoms with Crippen LogP contribution in [0.25, 0.3) is 0 Å². The van der Waals surface area contributed by atoms with Crippen molar-refractivity contribution in [3.05, 3.63) is 0 Å². The second-order valence-corrected chi connectivity index (χ2v) is 5.55. The topological polar surface area (TPSA) is 38.3 Å². The van der Waals surface area contributed by atoms with Crippen LogP contribution in [0.1, 0.15) is 46.5 Å². The molecular formula is C14H23NO2. The standard InChI is InChI=1S/C14H23NO2/c1-5-10-15-14(12(16)17-6-2)9-7-8-13(3,4)11-14/h1,15H,6-11H2,2-4H3.